The van der Waals surface area contributed by atoms with Crippen molar-refractivity contribution in [2.45, 2.75) is 44.2 Å². The van der Waals surface area contributed by atoms with Crippen molar-refractivity contribution in [1.29, 1.82) is 0 Å². The zero-order chi connectivity index (χ0) is 22.3. The van der Waals surface area contributed by atoms with Crippen LogP contribution in [-0.4, -0.2) is 40.3 Å². The molecule has 3 rings (SSSR count). The van der Waals surface area contributed by atoms with E-state index in [1.165, 1.54) is 17.4 Å². The van der Waals surface area contributed by atoms with E-state index < -0.39 is 9.84 Å². The summed E-state index contributed by atoms with van der Waals surface area (Å²) >= 11 is 0. The van der Waals surface area contributed by atoms with Crippen molar-refractivity contribution >= 4 is 39.8 Å². The molecule has 1 heterocycles. The SMILES string of the molecule is CCNC(=NCc1ccc(S(C)(=O)=O)cc1)NCC1CCCOC1c1ccc(C)cc1.I. The molecule has 32 heavy (non-hydrogen) atoms. The van der Waals surface area contributed by atoms with Crippen LogP contribution in [0.3, 0.4) is 0 Å². The molecule has 1 saturated heterocycles. The first-order valence-corrected chi connectivity index (χ1v) is 12.8. The summed E-state index contributed by atoms with van der Waals surface area (Å²) in [6, 6.07) is 15.5. The van der Waals surface area contributed by atoms with Crippen LogP contribution in [0.5, 0.6) is 0 Å². The zero-order valence-electron chi connectivity index (χ0n) is 19.0. The number of nitrogens with zero attached hydrogens (tertiary/aromatic N) is 1. The molecule has 0 bridgehead atoms. The average molecular weight is 572 g/mol. The normalized spacial score (nSPS) is 19.2. The van der Waals surface area contributed by atoms with E-state index in [-0.39, 0.29) is 30.1 Å². The standard InChI is InChI=1S/C24H33N3O3S.HI/c1-4-25-24(26-16-19-9-13-22(14-10-19)31(3,28)29)27-17-21-6-5-15-30-23(21)20-11-7-18(2)8-12-20;/h7-14,21,23H,4-6,15-17H2,1-3H3,(H2,25,26,27);1H. The van der Waals surface area contributed by atoms with Gasteiger partial charge in [0, 0.05) is 31.9 Å². The molecule has 0 saturated carbocycles. The van der Waals surface area contributed by atoms with Crippen LogP contribution < -0.4 is 10.6 Å². The van der Waals surface area contributed by atoms with Gasteiger partial charge in [0.1, 0.15) is 0 Å². The second-order valence-corrected chi connectivity index (χ2v) is 10.1. The van der Waals surface area contributed by atoms with Gasteiger partial charge in [-0.2, -0.15) is 0 Å². The number of guanidine groups is 1. The number of aliphatic imine (C=N–C) groups is 1. The fourth-order valence-corrected chi connectivity index (χ4v) is 4.39. The summed E-state index contributed by atoms with van der Waals surface area (Å²) in [5.41, 5.74) is 3.44. The first-order chi connectivity index (χ1) is 14.9. The summed E-state index contributed by atoms with van der Waals surface area (Å²) in [6.45, 7) is 6.95. The van der Waals surface area contributed by atoms with Gasteiger partial charge >= 0.3 is 0 Å². The lowest BCUT2D eigenvalue weighted by Crippen LogP contribution is -2.42. The lowest BCUT2D eigenvalue weighted by Gasteiger charge is -2.32. The Hall–Kier alpha value is -1.65. The first kappa shape index (κ1) is 26.6. The second-order valence-electron chi connectivity index (χ2n) is 8.10. The van der Waals surface area contributed by atoms with E-state index >= 15 is 0 Å². The van der Waals surface area contributed by atoms with E-state index in [0.717, 1.165) is 44.1 Å². The summed E-state index contributed by atoms with van der Waals surface area (Å²) in [4.78, 5) is 5.00. The molecule has 1 aliphatic rings. The Morgan fingerprint density at radius 1 is 1.09 bits per heavy atom. The summed E-state index contributed by atoms with van der Waals surface area (Å²) < 4.78 is 29.4. The van der Waals surface area contributed by atoms with Crippen LogP contribution in [-0.2, 0) is 21.1 Å². The molecular formula is C24H34IN3O3S. The quantitative estimate of drug-likeness (QED) is 0.296. The van der Waals surface area contributed by atoms with E-state index in [4.69, 9.17) is 4.74 Å². The molecule has 6 nitrogen and oxygen atoms in total. The highest BCUT2D eigenvalue weighted by atomic mass is 127. The third kappa shape index (κ3) is 7.74. The molecule has 1 aliphatic heterocycles. The lowest BCUT2D eigenvalue weighted by atomic mass is 9.89. The number of ether oxygens (including phenoxy) is 1. The van der Waals surface area contributed by atoms with Crippen LogP contribution in [0, 0.1) is 12.8 Å². The van der Waals surface area contributed by atoms with Crippen LogP contribution in [0.25, 0.3) is 0 Å². The molecule has 8 heteroatoms. The van der Waals surface area contributed by atoms with Gasteiger partial charge < -0.3 is 15.4 Å². The van der Waals surface area contributed by atoms with Gasteiger partial charge in [-0.3, -0.25) is 0 Å². The Bertz CT molecular complexity index is 977. The van der Waals surface area contributed by atoms with E-state index in [1.807, 2.05) is 19.1 Å². The van der Waals surface area contributed by atoms with Crippen molar-refractivity contribution in [3.8, 4) is 0 Å². The molecule has 2 unspecified atom stereocenters. The van der Waals surface area contributed by atoms with E-state index in [2.05, 4.69) is 46.8 Å². The molecule has 0 spiro atoms. The summed E-state index contributed by atoms with van der Waals surface area (Å²) in [7, 11) is -3.18. The number of benzene rings is 2. The Kier molecular flexibility index (Phi) is 10.4. The van der Waals surface area contributed by atoms with E-state index in [0.29, 0.717) is 17.4 Å². The number of hydrogen-bond acceptors (Lipinski definition) is 4. The minimum Gasteiger partial charge on any atom is -0.373 e. The van der Waals surface area contributed by atoms with E-state index in [1.54, 1.807) is 12.1 Å². The van der Waals surface area contributed by atoms with Gasteiger partial charge in [-0.05, 0) is 49.9 Å². The number of sulfone groups is 1. The molecule has 1 fully saturated rings. The van der Waals surface area contributed by atoms with Gasteiger partial charge in [0.05, 0.1) is 17.5 Å². The summed E-state index contributed by atoms with van der Waals surface area (Å²) in [5, 5.41) is 6.76. The molecule has 2 aromatic carbocycles. The van der Waals surface area contributed by atoms with Gasteiger partial charge in [0.2, 0.25) is 0 Å². The minimum absolute atomic E-state index is 0. The second kappa shape index (κ2) is 12.6. The van der Waals surface area contributed by atoms with Crippen molar-refractivity contribution in [2.24, 2.45) is 10.9 Å². The number of nitrogens with one attached hydrogen (secondary N) is 2. The van der Waals surface area contributed by atoms with Crippen molar-refractivity contribution in [2.75, 3.05) is 26.0 Å². The van der Waals surface area contributed by atoms with Crippen molar-refractivity contribution in [3.63, 3.8) is 0 Å². The molecule has 2 atom stereocenters. The Balaban J connectivity index is 0.00000363. The fourth-order valence-electron chi connectivity index (χ4n) is 3.76. The fraction of sp³-hybridized carbons (Fsp3) is 0.458. The molecular weight excluding hydrogens is 537 g/mol. The summed E-state index contributed by atoms with van der Waals surface area (Å²) in [5.74, 6) is 1.12. The maximum atomic E-state index is 11.6. The van der Waals surface area contributed by atoms with Gasteiger partial charge in [-0.15, -0.1) is 24.0 Å². The highest BCUT2D eigenvalue weighted by molar-refractivity contribution is 14.0. The van der Waals surface area contributed by atoms with Crippen molar-refractivity contribution < 1.29 is 13.2 Å². The molecule has 0 aromatic heterocycles. The zero-order valence-corrected chi connectivity index (χ0v) is 22.2. The minimum atomic E-state index is -3.18. The molecule has 0 amide bonds. The molecule has 0 radical (unpaired) electrons. The largest absolute Gasteiger partial charge is 0.373 e. The monoisotopic (exact) mass is 571 g/mol. The molecule has 176 valence electrons. The lowest BCUT2D eigenvalue weighted by molar-refractivity contribution is -0.0265. The van der Waals surface area contributed by atoms with Crippen molar-refractivity contribution in [3.05, 3.63) is 65.2 Å². The summed E-state index contributed by atoms with van der Waals surface area (Å²) in [6.07, 6.45) is 3.48. The van der Waals surface area contributed by atoms with Gasteiger partial charge in [0.15, 0.2) is 15.8 Å². The van der Waals surface area contributed by atoms with Crippen LogP contribution >= 0.6 is 24.0 Å². The Morgan fingerprint density at radius 2 is 1.78 bits per heavy atom. The van der Waals surface area contributed by atoms with Gasteiger partial charge in [-0.25, -0.2) is 13.4 Å². The van der Waals surface area contributed by atoms with E-state index in [9.17, 15) is 8.42 Å². The number of aryl methyl sites for hydroxylation is 1. The Labute approximate surface area is 209 Å². The highest BCUT2D eigenvalue weighted by Crippen LogP contribution is 2.33. The smallest absolute Gasteiger partial charge is 0.191 e. The van der Waals surface area contributed by atoms with Crippen LogP contribution in [0.15, 0.2) is 58.4 Å². The predicted molar refractivity (Wildman–Crippen MR) is 140 cm³/mol. The molecule has 2 N–H and O–H groups in total. The number of hydrogen-bond donors (Lipinski definition) is 2. The van der Waals surface area contributed by atoms with Crippen LogP contribution in [0.2, 0.25) is 0 Å². The average Bonchev–Trinajstić information content (AvgIpc) is 2.76. The third-order valence-corrected chi connectivity index (χ3v) is 6.63. The predicted octanol–water partition coefficient (Wildman–Crippen LogP) is 4.24. The molecule has 2 aromatic rings. The topological polar surface area (TPSA) is 79.8 Å². The molecule has 0 aliphatic carbocycles. The Morgan fingerprint density at radius 3 is 2.41 bits per heavy atom. The number of rotatable bonds is 7. The first-order valence-electron chi connectivity index (χ1n) is 10.9. The van der Waals surface area contributed by atoms with Crippen molar-refractivity contribution in [1.82, 2.24) is 10.6 Å². The maximum absolute atomic E-state index is 11.6. The number of halogens is 1. The van der Waals surface area contributed by atoms with Gasteiger partial charge in [0.25, 0.3) is 0 Å². The highest BCUT2D eigenvalue weighted by Gasteiger charge is 2.27. The van der Waals surface area contributed by atoms with Gasteiger partial charge in [-0.1, -0.05) is 42.0 Å². The van der Waals surface area contributed by atoms with Crippen LogP contribution in [0.1, 0.15) is 42.6 Å². The maximum Gasteiger partial charge on any atom is 0.191 e. The third-order valence-electron chi connectivity index (χ3n) is 5.50. The van der Waals surface area contributed by atoms with Crippen LogP contribution in [0.4, 0.5) is 0 Å².